The fourth-order valence-electron chi connectivity index (χ4n) is 5.85. The van der Waals surface area contributed by atoms with Crippen LogP contribution in [0.4, 0.5) is 0 Å². The van der Waals surface area contributed by atoms with E-state index in [-0.39, 0.29) is 5.91 Å². The van der Waals surface area contributed by atoms with Gasteiger partial charge >= 0.3 is 0 Å². The summed E-state index contributed by atoms with van der Waals surface area (Å²) in [4.78, 5) is 24.5. The van der Waals surface area contributed by atoms with E-state index in [0.29, 0.717) is 24.5 Å². The van der Waals surface area contributed by atoms with Crippen LogP contribution in [0.25, 0.3) is 28.0 Å². The van der Waals surface area contributed by atoms with Crippen molar-refractivity contribution in [3.63, 3.8) is 0 Å². The minimum absolute atomic E-state index is 0.0507. The lowest BCUT2D eigenvalue weighted by Crippen LogP contribution is -2.50. The van der Waals surface area contributed by atoms with Gasteiger partial charge in [-0.1, -0.05) is 47.5 Å². The maximum Gasteiger partial charge on any atom is 0.264 e. The molecule has 1 amide bonds. The highest BCUT2D eigenvalue weighted by Gasteiger charge is 2.35. The van der Waals surface area contributed by atoms with Crippen molar-refractivity contribution in [1.29, 1.82) is 0 Å². The van der Waals surface area contributed by atoms with E-state index in [4.69, 9.17) is 26.3 Å². The van der Waals surface area contributed by atoms with E-state index in [1.54, 1.807) is 0 Å². The molecule has 4 heterocycles. The number of allylic oxidation sites excluding steroid dienone is 1. The lowest BCUT2D eigenvalue weighted by molar-refractivity contribution is -0.138. The van der Waals surface area contributed by atoms with Gasteiger partial charge in [0.15, 0.2) is 6.10 Å². The second-order valence-corrected chi connectivity index (χ2v) is 10.7. The van der Waals surface area contributed by atoms with Gasteiger partial charge in [-0.25, -0.2) is 0 Å². The third-order valence-corrected chi connectivity index (χ3v) is 7.92. The summed E-state index contributed by atoms with van der Waals surface area (Å²) in [5, 5.41) is 6.29. The first-order valence-corrected chi connectivity index (χ1v) is 13.5. The number of piperazine rings is 1. The van der Waals surface area contributed by atoms with E-state index in [1.807, 2.05) is 41.6 Å². The highest BCUT2D eigenvalue weighted by atomic mass is 35.5. The highest BCUT2D eigenvalue weighted by Crippen LogP contribution is 2.44. The molecule has 1 N–H and O–H groups in total. The van der Waals surface area contributed by atoms with Crippen LogP contribution in [0.2, 0.25) is 5.02 Å². The maximum absolute atomic E-state index is 13.2. The molecular weight excluding hydrogens is 496 g/mol. The molecule has 0 bridgehead atoms. The Morgan fingerprint density at radius 3 is 2.76 bits per heavy atom. The van der Waals surface area contributed by atoms with Gasteiger partial charge in [-0.05, 0) is 35.2 Å². The van der Waals surface area contributed by atoms with E-state index < -0.39 is 6.10 Å². The van der Waals surface area contributed by atoms with Crippen molar-refractivity contribution in [3.8, 4) is 16.9 Å². The summed E-state index contributed by atoms with van der Waals surface area (Å²) in [7, 11) is 0. The summed E-state index contributed by atoms with van der Waals surface area (Å²) in [5.74, 6) is 0.809. The topological polar surface area (TPSA) is 67.3 Å². The van der Waals surface area contributed by atoms with Crippen LogP contribution in [-0.4, -0.2) is 53.1 Å². The SMILES string of the molecule is O=C(C1Cc2cc(Cl)cc(-c3ccnc4c3C=C(Cc3cc5ccccc5cn3)C4)c2O1)N1CCNCC1. The molecule has 1 aliphatic carbocycles. The maximum atomic E-state index is 13.2. The van der Waals surface area contributed by atoms with Crippen molar-refractivity contribution < 1.29 is 9.53 Å². The molecule has 1 fully saturated rings. The van der Waals surface area contributed by atoms with Gasteiger partial charge < -0.3 is 15.0 Å². The molecular formula is C31H27ClN4O2. The van der Waals surface area contributed by atoms with Crippen LogP contribution >= 0.6 is 11.6 Å². The van der Waals surface area contributed by atoms with Gasteiger partial charge in [-0.2, -0.15) is 0 Å². The molecule has 2 aliphatic heterocycles. The van der Waals surface area contributed by atoms with Gasteiger partial charge in [-0.15, -0.1) is 0 Å². The number of rotatable bonds is 4. The Bertz CT molecular complexity index is 1610. The molecule has 2 aromatic heterocycles. The Kier molecular flexibility index (Phi) is 5.87. The van der Waals surface area contributed by atoms with Crippen LogP contribution in [0.15, 0.2) is 66.5 Å². The average molecular weight is 523 g/mol. The van der Waals surface area contributed by atoms with E-state index in [1.165, 1.54) is 11.0 Å². The molecule has 1 saturated heterocycles. The van der Waals surface area contributed by atoms with Crippen molar-refractivity contribution >= 4 is 34.4 Å². The first kappa shape index (κ1) is 23.4. The van der Waals surface area contributed by atoms with E-state index >= 15 is 0 Å². The predicted octanol–water partition coefficient (Wildman–Crippen LogP) is 4.87. The largest absolute Gasteiger partial charge is 0.479 e. The summed E-state index contributed by atoms with van der Waals surface area (Å²) in [6.45, 7) is 3.05. The van der Waals surface area contributed by atoms with Crippen LogP contribution in [0.1, 0.15) is 22.5 Å². The van der Waals surface area contributed by atoms with Crippen LogP contribution in [0, 0.1) is 0 Å². The number of carbonyl (C=O) groups is 1. The molecule has 1 unspecified atom stereocenters. The summed E-state index contributed by atoms with van der Waals surface area (Å²) >= 11 is 6.59. The molecule has 190 valence electrons. The van der Waals surface area contributed by atoms with E-state index in [2.05, 4.69) is 35.7 Å². The van der Waals surface area contributed by atoms with Crippen LogP contribution in [-0.2, 0) is 24.1 Å². The number of carbonyl (C=O) groups excluding carboxylic acids is 1. The second kappa shape index (κ2) is 9.53. The summed E-state index contributed by atoms with van der Waals surface area (Å²) < 4.78 is 6.36. The number of pyridine rings is 2. The Morgan fingerprint density at radius 2 is 1.89 bits per heavy atom. The zero-order chi connectivity index (χ0) is 25.6. The standard InChI is InChI=1S/C31H27ClN4O2/c32-23-14-22-16-29(31(37)36-9-7-33-8-10-36)38-30(22)27(17-23)25-5-6-34-28-13-19(12-26(25)28)11-24-15-20-3-1-2-4-21(20)18-35-24/h1-6,12,14-15,17-18,29,33H,7-11,13,16H2. The number of hydrogen-bond acceptors (Lipinski definition) is 5. The number of nitrogens with zero attached hydrogens (tertiary/aromatic N) is 3. The molecule has 0 saturated carbocycles. The monoisotopic (exact) mass is 522 g/mol. The van der Waals surface area contributed by atoms with Gasteiger partial charge in [0.05, 0.1) is 5.69 Å². The quantitative estimate of drug-likeness (QED) is 0.414. The molecule has 6 nitrogen and oxygen atoms in total. The molecule has 0 spiro atoms. The van der Waals surface area contributed by atoms with Gasteiger partial charge in [0.1, 0.15) is 5.75 Å². The molecule has 2 aromatic carbocycles. The minimum Gasteiger partial charge on any atom is -0.479 e. The zero-order valence-electron chi connectivity index (χ0n) is 20.9. The van der Waals surface area contributed by atoms with Crippen molar-refractivity contribution in [3.05, 3.63) is 94.0 Å². The summed E-state index contributed by atoms with van der Waals surface area (Å²) in [6, 6.07) is 16.4. The third-order valence-electron chi connectivity index (χ3n) is 7.70. The van der Waals surface area contributed by atoms with Gasteiger partial charge in [0.2, 0.25) is 0 Å². The number of amides is 1. The lowest BCUT2D eigenvalue weighted by atomic mass is 9.97. The molecule has 4 aromatic rings. The molecule has 7 rings (SSSR count). The van der Waals surface area contributed by atoms with Gasteiger partial charge in [0, 0.05) is 90.6 Å². The number of nitrogens with one attached hydrogen (secondary N) is 1. The summed E-state index contributed by atoms with van der Waals surface area (Å²) in [6.07, 6.45) is 7.61. The van der Waals surface area contributed by atoms with Crippen LogP contribution in [0.5, 0.6) is 5.75 Å². The molecule has 7 heteroatoms. The molecule has 38 heavy (non-hydrogen) atoms. The van der Waals surface area contributed by atoms with E-state index in [0.717, 1.165) is 70.7 Å². The number of benzene rings is 2. The Hall–Kier alpha value is -3.74. The molecule has 0 radical (unpaired) electrons. The Labute approximate surface area is 226 Å². The first-order valence-electron chi connectivity index (χ1n) is 13.1. The Balaban J connectivity index is 1.19. The highest BCUT2D eigenvalue weighted by molar-refractivity contribution is 6.31. The second-order valence-electron chi connectivity index (χ2n) is 10.2. The van der Waals surface area contributed by atoms with Crippen molar-refractivity contribution in [2.45, 2.75) is 25.4 Å². The summed E-state index contributed by atoms with van der Waals surface area (Å²) in [5.41, 5.74) is 7.38. The first-order chi connectivity index (χ1) is 18.6. The number of fused-ring (bicyclic) bond motifs is 3. The lowest BCUT2D eigenvalue weighted by Gasteiger charge is -2.29. The fraction of sp³-hybridized carbons (Fsp3) is 0.258. The van der Waals surface area contributed by atoms with E-state index in [9.17, 15) is 4.79 Å². The van der Waals surface area contributed by atoms with Crippen molar-refractivity contribution in [2.75, 3.05) is 26.2 Å². The van der Waals surface area contributed by atoms with Crippen molar-refractivity contribution in [2.24, 2.45) is 0 Å². The number of aromatic nitrogens is 2. The molecule has 3 aliphatic rings. The van der Waals surface area contributed by atoms with Crippen LogP contribution < -0.4 is 10.1 Å². The predicted molar refractivity (Wildman–Crippen MR) is 149 cm³/mol. The molecule has 1 atom stereocenters. The average Bonchev–Trinajstić information content (AvgIpc) is 3.56. The smallest absolute Gasteiger partial charge is 0.264 e. The van der Waals surface area contributed by atoms with Gasteiger partial charge in [0.25, 0.3) is 5.91 Å². The van der Waals surface area contributed by atoms with Crippen molar-refractivity contribution in [1.82, 2.24) is 20.2 Å². The normalized spacial score (nSPS) is 18.2. The fourth-order valence-corrected chi connectivity index (χ4v) is 6.09. The zero-order valence-corrected chi connectivity index (χ0v) is 21.7. The number of halogens is 1. The number of ether oxygens (including phenoxy) is 1. The third kappa shape index (κ3) is 4.24. The Morgan fingerprint density at radius 1 is 1.05 bits per heavy atom. The number of hydrogen-bond donors (Lipinski definition) is 1. The minimum atomic E-state index is -0.514. The van der Waals surface area contributed by atoms with Gasteiger partial charge in [-0.3, -0.25) is 14.8 Å². The van der Waals surface area contributed by atoms with Crippen LogP contribution in [0.3, 0.4) is 0 Å².